The van der Waals surface area contributed by atoms with Gasteiger partial charge in [0.1, 0.15) is 0 Å². The summed E-state index contributed by atoms with van der Waals surface area (Å²) in [5.74, 6) is 2.07. The van der Waals surface area contributed by atoms with Gasteiger partial charge < -0.3 is 9.64 Å². The number of alkyl halides is 1. The molecule has 1 aromatic heterocycles. The van der Waals surface area contributed by atoms with Crippen LogP contribution < -0.4 is 9.64 Å². The Morgan fingerprint density at radius 2 is 2.18 bits per heavy atom. The van der Waals surface area contributed by atoms with Gasteiger partial charge in [-0.25, -0.2) is 0 Å². The number of aromatic nitrogens is 2. The van der Waals surface area contributed by atoms with Crippen LogP contribution >= 0.6 is 11.6 Å². The predicted molar refractivity (Wildman–Crippen MR) is 71.0 cm³/mol. The van der Waals surface area contributed by atoms with E-state index >= 15 is 0 Å². The molecule has 0 aromatic carbocycles. The molecule has 0 amide bonds. The molecular weight excluding hydrogens is 238 g/mol. The first-order valence-corrected chi connectivity index (χ1v) is 6.50. The predicted octanol–water partition coefficient (Wildman–Crippen LogP) is 2.72. The first kappa shape index (κ1) is 14.0. The average molecular weight is 258 g/mol. The fourth-order valence-electron chi connectivity index (χ4n) is 1.47. The second-order valence-electron chi connectivity index (χ2n) is 4.00. The van der Waals surface area contributed by atoms with Gasteiger partial charge in [0.2, 0.25) is 5.88 Å². The van der Waals surface area contributed by atoms with Gasteiger partial charge in [0.25, 0.3) is 0 Å². The van der Waals surface area contributed by atoms with Gasteiger partial charge in [-0.2, -0.15) is 4.98 Å². The van der Waals surface area contributed by atoms with Crippen LogP contribution in [0.5, 0.6) is 5.88 Å². The van der Waals surface area contributed by atoms with Crippen molar-refractivity contribution in [2.45, 2.75) is 33.3 Å². The monoisotopic (exact) mass is 257 g/mol. The highest BCUT2D eigenvalue weighted by Gasteiger charge is 2.08. The maximum Gasteiger partial charge on any atom is 0.234 e. The van der Waals surface area contributed by atoms with E-state index in [9.17, 15) is 0 Å². The normalized spacial score (nSPS) is 10.6. The number of ether oxygens (including phenoxy) is 1. The SMILES string of the molecule is CCN(CCCCl)c1cncc(OC(C)C)n1. The van der Waals surface area contributed by atoms with Crippen LogP contribution in [-0.2, 0) is 0 Å². The summed E-state index contributed by atoms with van der Waals surface area (Å²) in [7, 11) is 0. The molecule has 0 aliphatic rings. The largest absolute Gasteiger partial charge is 0.474 e. The van der Waals surface area contributed by atoms with E-state index in [0.717, 1.165) is 25.3 Å². The third-order valence-electron chi connectivity index (χ3n) is 2.22. The summed E-state index contributed by atoms with van der Waals surface area (Å²) in [6.45, 7) is 7.81. The second kappa shape index (κ2) is 7.33. The Bertz CT molecular complexity index is 333. The third-order valence-corrected chi connectivity index (χ3v) is 2.49. The van der Waals surface area contributed by atoms with Gasteiger partial charge in [-0.05, 0) is 27.2 Å². The van der Waals surface area contributed by atoms with Crippen LogP contribution in [0.15, 0.2) is 12.4 Å². The Kier molecular flexibility index (Phi) is 6.05. The second-order valence-corrected chi connectivity index (χ2v) is 4.38. The minimum absolute atomic E-state index is 0.109. The summed E-state index contributed by atoms with van der Waals surface area (Å²) >= 11 is 5.70. The van der Waals surface area contributed by atoms with Crippen molar-refractivity contribution in [1.29, 1.82) is 0 Å². The summed E-state index contributed by atoms with van der Waals surface area (Å²) in [6.07, 6.45) is 4.44. The molecule has 17 heavy (non-hydrogen) atoms. The Morgan fingerprint density at radius 3 is 2.76 bits per heavy atom. The van der Waals surface area contributed by atoms with Crippen LogP contribution in [0.2, 0.25) is 0 Å². The van der Waals surface area contributed by atoms with Crippen molar-refractivity contribution < 1.29 is 4.74 Å². The Hall–Kier alpha value is -1.03. The minimum Gasteiger partial charge on any atom is -0.474 e. The van der Waals surface area contributed by atoms with Gasteiger partial charge in [-0.3, -0.25) is 4.98 Å². The van der Waals surface area contributed by atoms with Gasteiger partial charge in [0.15, 0.2) is 5.82 Å². The number of rotatable bonds is 7. The highest BCUT2D eigenvalue weighted by molar-refractivity contribution is 6.17. The molecule has 1 heterocycles. The van der Waals surface area contributed by atoms with Crippen molar-refractivity contribution in [2.75, 3.05) is 23.9 Å². The van der Waals surface area contributed by atoms with E-state index < -0.39 is 0 Å². The van der Waals surface area contributed by atoms with Crippen LogP contribution in [0.1, 0.15) is 27.2 Å². The van der Waals surface area contributed by atoms with Crippen molar-refractivity contribution >= 4 is 17.4 Å². The van der Waals surface area contributed by atoms with Crippen molar-refractivity contribution in [3.63, 3.8) is 0 Å². The number of hydrogen-bond donors (Lipinski definition) is 0. The highest BCUT2D eigenvalue weighted by Crippen LogP contribution is 2.15. The lowest BCUT2D eigenvalue weighted by Crippen LogP contribution is -2.25. The standard InChI is InChI=1S/C12H20ClN3O/c1-4-16(7-5-6-13)11-8-14-9-12(15-11)17-10(2)3/h8-10H,4-7H2,1-3H3. The highest BCUT2D eigenvalue weighted by atomic mass is 35.5. The van der Waals surface area contributed by atoms with E-state index in [4.69, 9.17) is 16.3 Å². The van der Waals surface area contributed by atoms with Gasteiger partial charge in [0.05, 0.1) is 18.5 Å². The summed E-state index contributed by atoms with van der Waals surface area (Å²) in [5.41, 5.74) is 0. The first-order chi connectivity index (χ1) is 8.17. The van der Waals surface area contributed by atoms with Crippen LogP contribution in [0, 0.1) is 0 Å². The molecule has 0 atom stereocenters. The lowest BCUT2D eigenvalue weighted by atomic mass is 10.4. The minimum atomic E-state index is 0.109. The molecule has 1 rings (SSSR count). The fraction of sp³-hybridized carbons (Fsp3) is 0.667. The molecule has 0 fully saturated rings. The van der Waals surface area contributed by atoms with Gasteiger partial charge in [0, 0.05) is 19.0 Å². The lowest BCUT2D eigenvalue weighted by molar-refractivity contribution is 0.231. The molecular formula is C12H20ClN3O. The fourth-order valence-corrected chi connectivity index (χ4v) is 1.59. The summed E-state index contributed by atoms with van der Waals surface area (Å²) in [6, 6.07) is 0. The molecule has 0 saturated heterocycles. The molecule has 0 spiro atoms. The summed E-state index contributed by atoms with van der Waals surface area (Å²) in [5, 5.41) is 0. The lowest BCUT2D eigenvalue weighted by Gasteiger charge is -2.21. The Labute approximate surface area is 108 Å². The quantitative estimate of drug-likeness (QED) is 0.704. The molecule has 0 bridgehead atoms. The molecule has 0 radical (unpaired) electrons. The van der Waals surface area contributed by atoms with Gasteiger partial charge >= 0.3 is 0 Å². The number of anilines is 1. The maximum atomic E-state index is 5.70. The zero-order chi connectivity index (χ0) is 12.7. The molecule has 5 heteroatoms. The van der Waals surface area contributed by atoms with Gasteiger partial charge in [-0.1, -0.05) is 0 Å². The third kappa shape index (κ3) is 4.77. The van der Waals surface area contributed by atoms with E-state index in [-0.39, 0.29) is 6.10 Å². The smallest absolute Gasteiger partial charge is 0.234 e. The van der Waals surface area contributed by atoms with Crippen LogP contribution in [0.3, 0.4) is 0 Å². The van der Waals surface area contributed by atoms with Crippen LogP contribution in [0.25, 0.3) is 0 Å². The number of halogens is 1. The molecule has 0 aliphatic carbocycles. The zero-order valence-electron chi connectivity index (χ0n) is 10.7. The first-order valence-electron chi connectivity index (χ1n) is 5.97. The average Bonchev–Trinajstić information content (AvgIpc) is 2.30. The molecule has 0 N–H and O–H groups in total. The molecule has 0 unspecified atom stereocenters. The topological polar surface area (TPSA) is 38.2 Å². The Morgan fingerprint density at radius 1 is 1.41 bits per heavy atom. The molecule has 0 aliphatic heterocycles. The van der Waals surface area contributed by atoms with E-state index in [2.05, 4.69) is 21.8 Å². The van der Waals surface area contributed by atoms with Crippen molar-refractivity contribution in [1.82, 2.24) is 9.97 Å². The Balaban J connectivity index is 2.73. The zero-order valence-corrected chi connectivity index (χ0v) is 11.4. The van der Waals surface area contributed by atoms with Crippen LogP contribution in [0.4, 0.5) is 5.82 Å². The molecule has 0 saturated carbocycles. The van der Waals surface area contributed by atoms with E-state index in [1.165, 1.54) is 0 Å². The van der Waals surface area contributed by atoms with E-state index in [1.807, 2.05) is 13.8 Å². The summed E-state index contributed by atoms with van der Waals surface area (Å²) in [4.78, 5) is 10.7. The number of hydrogen-bond acceptors (Lipinski definition) is 4. The molecule has 4 nitrogen and oxygen atoms in total. The van der Waals surface area contributed by atoms with Crippen molar-refractivity contribution in [3.05, 3.63) is 12.4 Å². The van der Waals surface area contributed by atoms with E-state index in [0.29, 0.717) is 11.8 Å². The van der Waals surface area contributed by atoms with Crippen molar-refractivity contribution in [3.8, 4) is 5.88 Å². The molecule has 96 valence electrons. The van der Waals surface area contributed by atoms with Crippen LogP contribution in [-0.4, -0.2) is 35.0 Å². The molecule has 1 aromatic rings. The maximum absolute atomic E-state index is 5.70. The van der Waals surface area contributed by atoms with Crippen molar-refractivity contribution in [2.24, 2.45) is 0 Å². The van der Waals surface area contributed by atoms with E-state index in [1.54, 1.807) is 12.4 Å². The summed E-state index contributed by atoms with van der Waals surface area (Å²) < 4.78 is 5.53. The van der Waals surface area contributed by atoms with Gasteiger partial charge in [-0.15, -0.1) is 11.6 Å². The number of nitrogens with zero attached hydrogens (tertiary/aromatic N) is 3.